The number of ether oxygens (including phenoxy) is 11. The van der Waals surface area contributed by atoms with Crippen molar-refractivity contribution in [3.8, 4) is 0 Å². The molecule has 0 radical (unpaired) electrons. The Morgan fingerprint density at radius 3 is 0.976 bits per heavy atom. The van der Waals surface area contributed by atoms with Gasteiger partial charge in [-0.15, -0.1) is 0 Å². The summed E-state index contributed by atoms with van der Waals surface area (Å²) in [6.45, 7) is 11.9. The van der Waals surface area contributed by atoms with Gasteiger partial charge in [-0.1, -0.05) is 0 Å². The lowest BCUT2D eigenvalue weighted by atomic mass is 10.4. The zero-order chi connectivity index (χ0) is 30.2. The molecular formula is C26H58N4O11. The highest BCUT2D eigenvalue weighted by Gasteiger charge is 2.12. The zero-order valence-electron chi connectivity index (χ0n) is 25.3. The van der Waals surface area contributed by atoms with Crippen LogP contribution >= 0.6 is 0 Å². The molecule has 15 nitrogen and oxygen atoms in total. The summed E-state index contributed by atoms with van der Waals surface area (Å²) in [5.74, 6) is 0. The molecule has 0 aromatic carbocycles. The highest BCUT2D eigenvalue weighted by atomic mass is 16.6. The van der Waals surface area contributed by atoms with Crippen LogP contribution in [-0.4, -0.2) is 157 Å². The maximum absolute atomic E-state index is 5.89. The van der Waals surface area contributed by atoms with Crippen molar-refractivity contribution in [3.63, 3.8) is 0 Å². The third-order valence-electron chi connectivity index (χ3n) is 4.86. The predicted octanol–water partition coefficient (Wildman–Crippen LogP) is -1.57. The molecule has 0 aliphatic rings. The summed E-state index contributed by atoms with van der Waals surface area (Å²) in [6.07, 6.45) is -1.20. The minimum absolute atomic E-state index is 0.255. The second-order valence-corrected chi connectivity index (χ2v) is 8.85. The Labute approximate surface area is 245 Å². The molecule has 0 bridgehead atoms. The Bertz CT molecular complexity index is 480. The molecule has 0 aliphatic heterocycles. The van der Waals surface area contributed by atoms with Gasteiger partial charge in [-0.25, -0.2) is 0 Å². The Balaban J connectivity index is 4.21. The molecule has 248 valence electrons. The third-order valence-corrected chi connectivity index (χ3v) is 4.86. The van der Waals surface area contributed by atoms with E-state index in [-0.39, 0.29) is 24.7 Å². The monoisotopic (exact) mass is 602 g/mol. The van der Waals surface area contributed by atoms with Crippen LogP contribution in [0.3, 0.4) is 0 Å². The first-order valence-corrected chi connectivity index (χ1v) is 14.4. The molecule has 0 aromatic rings. The number of hydrogen-bond donors (Lipinski definition) is 4. The van der Waals surface area contributed by atoms with Gasteiger partial charge in [0, 0.05) is 13.1 Å². The van der Waals surface area contributed by atoms with Crippen LogP contribution in [0.25, 0.3) is 0 Å². The first-order chi connectivity index (χ1) is 20.0. The third kappa shape index (κ3) is 32.2. The van der Waals surface area contributed by atoms with Crippen molar-refractivity contribution < 1.29 is 52.1 Å². The Morgan fingerprint density at radius 1 is 0.366 bits per heavy atom. The Hall–Kier alpha value is -0.600. The second-order valence-electron chi connectivity index (χ2n) is 8.85. The van der Waals surface area contributed by atoms with Gasteiger partial charge in [-0.2, -0.15) is 0 Å². The lowest BCUT2D eigenvalue weighted by molar-refractivity contribution is -0.0978. The fourth-order valence-electron chi connectivity index (χ4n) is 2.99. The van der Waals surface area contributed by atoms with Gasteiger partial charge < -0.3 is 75.0 Å². The van der Waals surface area contributed by atoms with Gasteiger partial charge in [0.15, 0.2) is 0 Å². The summed E-state index contributed by atoms with van der Waals surface area (Å²) in [6, 6.07) is 0. The molecule has 0 rings (SSSR count). The maximum atomic E-state index is 5.89. The van der Waals surface area contributed by atoms with E-state index in [1.165, 1.54) is 0 Å². The number of nitrogens with two attached hydrogens (primary N) is 4. The molecule has 41 heavy (non-hydrogen) atoms. The molecule has 0 fully saturated rings. The summed E-state index contributed by atoms with van der Waals surface area (Å²) in [5.41, 5.74) is 22.0. The second kappa shape index (κ2) is 32.3. The molecule has 15 heteroatoms. The normalized spacial score (nSPS) is 14.1. The summed E-state index contributed by atoms with van der Waals surface area (Å²) < 4.78 is 61.2. The van der Waals surface area contributed by atoms with Crippen LogP contribution in [0.4, 0.5) is 0 Å². The molecule has 0 amide bonds. The van der Waals surface area contributed by atoms with Crippen molar-refractivity contribution in [2.75, 3.05) is 132 Å². The lowest BCUT2D eigenvalue weighted by Crippen LogP contribution is -2.30. The summed E-state index contributed by atoms with van der Waals surface area (Å²) in [5, 5.41) is 0. The van der Waals surface area contributed by atoms with E-state index in [0.29, 0.717) is 132 Å². The number of hydrogen-bond acceptors (Lipinski definition) is 15. The quantitative estimate of drug-likeness (QED) is 0.0485. The van der Waals surface area contributed by atoms with Crippen LogP contribution in [0, 0.1) is 0 Å². The van der Waals surface area contributed by atoms with E-state index in [0.717, 1.165) is 0 Å². The average Bonchev–Trinajstić information content (AvgIpc) is 2.94. The minimum atomic E-state index is -0.336. The van der Waals surface area contributed by atoms with Gasteiger partial charge in [0.1, 0.15) is 24.7 Å². The van der Waals surface area contributed by atoms with Crippen LogP contribution in [0.15, 0.2) is 0 Å². The van der Waals surface area contributed by atoms with Crippen molar-refractivity contribution in [2.24, 2.45) is 22.9 Å². The Morgan fingerprint density at radius 2 is 0.634 bits per heavy atom. The minimum Gasteiger partial charge on any atom is -0.378 e. The highest BCUT2D eigenvalue weighted by molar-refractivity contribution is 4.58. The van der Waals surface area contributed by atoms with E-state index < -0.39 is 0 Å². The molecular weight excluding hydrogens is 544 g/mol. The van der Waals surface area contributed by atoms with Crippen LogP contribution in [0.2, 0.25) is 0 Å². The molecule has 2 atom stereocenters. The smallest absolute Gasteiger partial charge is 0.104 e. The molecule has 8 N–H and O–H groups in total. The van der Waals surface area contributed by atoms with Crippen LogP contribution in [0.5, 0.6) is 0 Å². The Kier molecular flexibility index (Phi) is 31.8. The van der Waals surface area contributed by atoms with E-state index in [9.17, 15) is 0 Å². The standard InChI is InChI=1S/C26H58N4O11/c1-23(29)38-15-13-36-21-26(22-37-14-16-39-24(2)30)41-18-12-33-11-17-40-25(19-34-9-7-31-5-3-27)20-35-10-8-32-6-4-28/h23-26H,3-22,27-30H2,1-2H3. The SMILES string of the molecule is CC(N)OCCOCC(COCCOC(C)N)OCCOCCOC(COCCOCCN)COCCOCCN. The van der Waals surface area contributed by atoms with Crippen LogP contribution in [0.1, 0.15) is 13.8 Å². The fourth-order valence-corrected chi connectivity index (χ4v) is 2.99. The predicted molar refractivity (Wildman–Crippen MR) is 153 cm³/mol. The first kappa shape index (κ1) is 40.4. The molecule has 0 aromatic heterocycles. The summed E-state index contributed by atoms with van der Waals surface area (Å²) in [4.78, 5) is 0. The van der Waals surface area contributed by atoms with Crippen molar-refractivity contribution >= 4 is 0 Å². The average molecular weight is 603 g/mol. The summed E-state index contributed by atoms with van der Waals surface area (Å²) in [7, 11) is 0. The molecule has 0 aliphatic carbocycles. The van der Waals surface area contributed by atoms with Crippen molar-refractivity contribution in [1.29, 1.82) is 0 Å². The van der Waals surface area contributed by atoms with Gasteiger partial charge in [0.2, 0.25) is 0 Å². The first-order valence-electron chi connectivity index (χ1n) is 14.4. The lowest BCUT2D eigenvalue weighted by Gasteiger charge is -2.20. The molecule has 0 saturated carbocycles. The van der Waals surface area contributed by atoms with Crippen LogP contribution < -0.4 is 22.9 Å². The zero-order valence-corrected chi connectivity index (χ0v) is 25.3. The van der Waals surface area contributed by atoms with Crippen molar-refractivity contribution in [3.05, 3.63) is 0 Å². The van der Waals surface area contributed by atoms with Gasteiger partial charge in [-0.3, -0.25) is 0 Å². The van der Waals surface area contributed by atoms with Gasteiger partial charge in [-0.05, 0) is 13.8 Å². The van der Waals surface area contributed by atoms with Crippen molar-refractivity contribution in [2.45, 2.75) is 38.5 Å². The van der Waals surface area contributed by atoms with Gasteiger partial charge in [0.05, 0.1) is 119 Å². The van der Waals surface area contributed by atoms with E-state index in [4.69, 9.17) is 75.0 Å². The molecule has 2 unspecified atom stereocenters. The van der Waals surface area contributed by atoms with Gasteiger partial charge >= 0.3 is 0 Å². The summed E-state index contributed by atoms with van der Waals surface area (Å²) >= 11 is 0. The van der Waals surface area contributed by atoms with E-state index in [1.54, 1.807) is 13.8 Å². The van der Waals surface area contributed by atoms with Crippen LogP contribution in [-0.2, 0) is 52.1 Å². The highest BCUT2D eigenvalue weighted by Crippen LogP contribution is 1.99. The number of rotatable bonds is 34. The van der Waals surface area contributed by atoms with E-state index in [2.05, 4.69) is 0 Å². The van der Waals surface area contributed by atoms with E-state index >= 15 is 0 Å². The molecule has 0 heterocycles. The molecule has 0 spiro atoms. The van der Waals surface area contributed by atoms with Gasteiger partial charge in [0.25, 0.3) is 0 Å². The van der Waals surface area contributed by atoms with E-state index in [1.807, 2.05) is 0 Å². The van der Waals surface area contributed by atoms with Crippen molar-refractivity contribution in [1.82, 2.24) is 0 Å². The maximum Gasteiger partial charge on any atom is 0.104 e. The molecule has 0 saturated heterocycles. The topological polar surface area (TPSA) is 206 Å². The fraction of sp³-hybridized carbons (Fsp3) is 1.00. The largest absolute Gasteiger partial charge is 0.378 e.